The normalized spacial score (nSPS) is 10.7. The van der Waals surface area contributed by atoms with E-state index < -0.39 is 0 Å². The molecule has 0 radical (unpaired) electrons. The second kappa shape index (κ2) is 8.92. The predicted octanol–water partition coefficient (Wildman–Crippen LogP) is 4.77. The van der Waals surface area contributed by atoms with Crippen LogP contribution in [0.3, 0.4) is 0 Å². The standard InChI is InChI=1S/C23H21N3O3S/c1-28-18-12-16(13-19(14-18)29-2)24-22(27)15-30-23-25-20-10-6-7-11-21(20)26(23)17-8-4-3-5-9-17/h3-14H,15H2,1-2H3,(H,24,27). The number of anilines is 1. The summed E-state index contributed by atoms with van der Waals surface area (Å²) < 4.78 is 12.6. The Labute approximate surface area is 178 Å². The van der Waals surface area contributed by atoms with Crippen molar-refractivity contribution in [2.75, 3.05) is 25.3 Å². The van der Waals surface area contributed by atoms with Crippen molar-refractivity contribution in [3.8, 4) is 17.2 Å². The number of aromatic nitrogens is 2. The Bertz CT molecular complexity index is 1150. The molecule has 0 aliphatic rings. The summed E-state index contributed by atoms with van der Waals surface area (Å²) in [5.41, 5.74) is 3.52. The van der Waals surface area contributed by atoms with Gasteiger partial charge < -0.3 is 14.8 Å². The highest BCUT2D eigenvalue weighted by atomic mass is 32.2. The van der Waals surface area contributed by atoms with Crippen molar-refractivity contribution < 1.29 is 14.3 Å². The highest BCUT2D eigenvalue weighted by Gasteiger charge is 2.15. The molecule has 4 aromatic rings. The van der Waals surface area contributed by atoms with Gasteiger partial charge in [-0.25, -0.2) is 4.98 Å². The number of hydrogen-bond donors (Lipinski definition) is 1. The Hall–Kier alpha value is -3.45. The molecule has 152 valence electrons. The van der Waals surface area contributed by atoms with E-state index in [4.69, 9.17) is 14.5 Å². The third kappa shape index (κ3) is 4.26. The van der Waals surface area contributed by atoms with Gasteiger partial charge in [-0.1, -0.05) is 42.1 Å². The molecular weight excluding hydrogens is 398 g/mol. The lowest BCUT2D eigenvalue weighted by molar-refractivity contribution is -0.113. The first-order chi connectivity index (χ1) is 14.7. The lowest BCUT2D eigenvalue weighted by Gasteiger charge is -2.11. The fourth-order valence-electron chi connectivity index (χ4n) is 3.13. The van der Waals surface area contributed by atoms with Gasteiger partial charge in [0.2, 0.25) is 5.91 Å². The van der Waals surface area contributed by atoms with Crippen molar-refractivity contribution in [1.82, 2.24) is 9.55 Å². The molecule has 7 heteroatoms. The summed E-state index contributed by atoms with van der Waals surface area (Å²) in [6.07, 6.45) is 0. The molecule has 0 fully saturated rings. The summed E-state index contributed by atoms with van der Waals surface area (Å²) in [4.78, 5) is 17.3. The summed E-state index contributed by atoms with van der Waals surface area (Å²) in [6, 6.07) is 23.2. The maximum atomic E-state index is 12.6. The lowest BCUT2D eigenvalue weighted by atomic mass is 10.2. The van der Waals surface area contributed by atoms with E-state index in [2.05, 4.69) is 9.88 Å². The van der Waals surface area contributed by atoms with Gasteiger partial charge in [-0.3, -0.25) is 9.36 Å². The van der Waals surface area contributed by atoms with E-state index in [0.29, 0.717) is 17.2 Å². The van der Waals surface area contributed by atoms with Crippen LogP contribution < -0.4 is 14.8 Å². The Kier molecular flexibility index (Phi) is 5.90. The van der Waals surface area contributed by atoms with E-state index in [0.717, 1.165) is 21.9 Å². The van der Waals surface area contributed by atoms with Gasteiger partial charge in [0.1, 0.15) is 11.5 Å². The number of benzene rings is 3. The zero-order valence-electron chi connectivity index (χ0n) is 16.7. The molecule has 1 aromatic heterocycles. The zero-order chi connectivity index (χ0) is 20.9. The van der Waals surface area contributed by atoms with E-state index in [1.165, 1.54) is 11.8 Å². The lowest BCUT2D eigenvalue weighted by Crippen LogP contribution is -2.14. The molecule has 0 aliphatic carbocycles. The second-order valence-corrected chi connectivity index (χ2v) is 7.43. The van der Waals surface area contributed by atoms with Crippen LogP contribution in [0.15, 0.2) is 78.0 Å². The number of imidazole rings is 1. The molecule has 4 rings (SSSR count). The van der Waals surface area contributed by atoms with Crippen LogP contribution in [0.4, 0.5) is 5.69 Å². The molecule has 1 amide bonds. The first-order valence-corrected chi connectivity index (χ1v) is 10.3. The first-order valence-electron chi connectivity index (χ1n) is 9.36. The summed E-state index contributed by atoms with van der Waals surface area (Å²) in [5, 5.41) is 3.66. The average molecular weight is 420 g/mol. The van der Waals surface area contributed by atoms with Gasteiger partial charge in [0.15, 0.2) is 5.16 Å². The fraction of sp³-hybridized carbons (Fsp3) is 0.130. The first kappa shape index (κ1) is 19.8. The molecule has 1 heterocycles. The fourth-order valence-corrected chi connectivity index (χ4v) is 3.96. The molecule has 30 heavy (non-hydrogen) atoms. The third-order valence-electron chi connectivity index (χ3n) is 4.51. The van der Waals surface area contributed by atoms with E-state index >= 15 is 0 Å². The third-order valence-corrected chi connectivity index (χ3v) is 5.45. The van der Waals surface area contributed by atoms with Crippen LogP contribution in [0.25, 0.3) is 16.7 Å². The summed E-state index contributed by atoms with van der Waals surface area (Å²) in [6.45, 7) is 0. The molecule has 0 saturated heterocycles. The minimum Gasteiger partial charge on any atom is -0.497 e. The highest BCUT2D eigenvalue weighted by molar-refractivity contribution is 7.99. The van der Waals surface area contributed by atoms with E-state index in [1.54, 1.807) is 32.4 Å². The van der Waals surface area contributed by atoms with E-state index in [9.17, 15) is 4.79 Å². The van der Waals surface area contributed by atoms with Crippen LogP contribution >= 0.6 is 11.8 Å². The minimum absolute atomic E-state index is 0.137. The maximum absolute atomic E-state index is 12.6. The number of carbonyl (C=O) groups is 1. The number of ether oxygens (including phenoxy) is 2. The van der Waals surface area contributed by atoms with Crippen LogP contribution in [-0.2, 0) is 4.79 Å². The number of carbonyl (C=O) groups excluding carboxylic acids is 1. The Morgan fingerprint density at radius 1 is 0.967 bits per heavy atom. The summed E-state index contributed by atoms with van der Waals surface area (Å²) >= 11 is 1.39. The number of rotatable bonds is 7. The molecule has 0 atom stereocenters. The molecule has 0 spiro atoms. The SMILES string of the molecule is COc1cc(NC(=O)CSc2nc3ccccc3n2-c2ccccc2)cc(OC)c1. The Morgan fingerprint density at radius 2 is 1.63 bits per heavy atom. The van der Waals surface area contributed by atoms with E-state index in [-0.39, 0.29) is 11.7 Å². The predicted molar refractivity (Wildman–Crippen MR) is 120 cm³/mol. The smallest absolute Gasteiger partial charge is 0.234 e. The van der Waals surface area contributed by atoms with Gasteiger partial charge in [-0.15, -0.1) is 0 Å². The molecule has 0 bridgehead atoms. The number of para-hydroxylation sites is 3. The molecular formula is C23H21N3O3S. The van der Waals surface area contributed by atoms with Crippen molar-refractivity contribution in [2.45, 2.75) is 5.16 Å². The van der Waals surface area contributed by atoms with Crippen LogP contribution in [-0.4, -0.2) is 35.4 Å². The largest absolute Gasteiger partial charge is 0.497 e. The van der Waals surface area contributed by atoms with Crippen LogP contribution in [0.5, 0.6) is 11.5 Å². The van der Waals surface area contributed by atoms with Gasteiger partial charge in [0.05, 0.1) is 31.0 Å². The number of thioether (sulfide) groups is 1. The zero-order valence-corrected chi connectivity index (χ0v) is 17.5. The quantitative estimate of drug-likeness (QED) is 0.437. The van der Waals surface area contributed by atoms with Crippen molar-refractivity contribution in [2.24, 2.45) is 0 Å². The summed E-state index contributed by atoms with van der Waals surface area (Å²) in [7, 11) is 3.15. The molecule has 6 nitrogen and oxygen atoms in total. The van der Waals surface area contributed by atoms with Crippen molar-refractivity contribution in [1.29, 1.82) is 0 Å². The van der Waals surface area contributed by atoms with Crippen LogP contribution in [0, 0.1) is 0 Å². The van der Waals surface area contributed by atoms with Crippen molar-refractivity contribution in [3.05, 3.63) is 72.8 Å². The molecule has 0 aliphatic heterocycles. The molecule has 0 unspecified atom stereocenters. The van der Waals surface area contributed by atoms with Gasteiger partial charge in [-0.05, 0) is 24.3 Å². The average Bonchev–Trinajstić information content (AvgIpc) is 3.16. The van der Waals surface area contributed by atoms with Gasteiger partial charge in [-0.2, -0.15) is 0 Å². The topological polar surface area (TPSA) is 65.4 Å². The second-order valence-electron chi connectivity index (χ2n) is 6.49. The van der Waals surface area contributed by atoms with Gasteiger partial charge >= 0.3 is 0 Å². The highest BCUT2D eigenvalue weighted by Crippen LogP contribution is 2.29. The van der Waals surface area contributed by atoms with Crippen LogP contribution in [0.1, 0.15) is 0 Å². The summed E-state index contributed by atoms with van der Waals surface area (Å²) in [5.74, 6) is 1.31. The van der Waals surface area contributed by atoms with E-state index in [1.807, 2.05) is 54.6 Å². The van der Waals surface area contributed by atoms with Crippen molar-refractivity contribution >= 4 is 34.4 Å². The van der Waals surface area contributed by atoms with Crippen molar-refractivity contribution in [3.63, 3.8) is 0 Å². The number of fused-ring (bicyclic) bond motifs is 1. The number of amides is 1. The van der Waals surface area contributed by atoms with Gasteiger partial charge in [0.25, 0.3) is 0 Å². The number of nitrogens with one attached hydrogen (secondary N) is 1. The Morgan fingerprint density at radius 3 is 2.33 bits per heavy atom. The maximum Gasteiger partial charge on any atom is 0.234 e. The minimum atomic E-state index is -0.137. The molecule has 0 saturated carbocycles. The monoisotopic (exact) mass is 419 g/mol. The Balaban J connectivity index is 1.55. The number of hydrogen-bond acceptors (Lipinski definition) is 5. The molecule has 1 N–H and O–H groups in total. The molecule has 3 aromatic carbocycles. The number of nitrogens with zero attached hydrogens (tertiary/aromatic N) is 2. The van der Waals surface area contributed by atoms with Crippen LogP contribution in [0.2, 0.25) is 0 Å². The van der Waals surface area contributed by atoms with Gasteiger partial charge in [0, 0.05) is 29.6 Å². The number of methoxy groups -OCH3 is 2.